The van der Waals surface area contributed by atoms with Gasteiger partial charge >= 0.3 is 6.03 Å². The standard InChI is InChI=1S/C19H20ClFN2O/c20-15-10-8-14(9-11-15)18-7-2-1-3-12-23(18)19(24)22-17-6-4-5-16(21)13-17/h4-6,8-11,13,18H,1-3,7,12H2,(H,22,24)/t18-/m1/s1. The highest BCUT2D eigenvalue weighted by molar-refractivity contribution is 6.30. The fourth-order valence-electron chi connectivity index (χ4n) is 3.14. The lowest BCUT2D eigenvalue weighted by molar-refractivity contribution is 0.189. The van der Waals surface area contributed by atoms with Gasteiger partial charge in [-0.1, -0.05) is 42.6 Å². The van der Waals surface area contributed by atoms with Gasteiger partial charge in [0, 0.05) is 17.3 Å². The fourth-order valence-corrected chi connectivity index (χ4v) is 3.27. The molecule has 0 bridgehead atoms. The molecule has 0 aromatic heterocycles. The fraction of sp³-hybridized carbons (Fsp3) is 0.316. The van der Waals surface area contributed by atoms with Crippen molar-refractivity contribution in [2.45, 2.75) is 31.7 Å². The monoisotopic (exact) mass is 346 g/mol. The van der Waals surface area contributed by atoms with Crippen molar-refractivity contribution in [1.29, 1.82) is 0 Å². The van der Waals surface area contributed by atoms with Crippen LogP contribution < -0.4 is 5.32 Å². The van der Waals surface area contributed by atoms with Crippen LogP contribution in [0.25, 0.3) is 0 Å². The van der Waals surface area contributed by atoms with E-state index in [0.717, 1.165) is 31.2 Å². The summed E-state index contributed by atoms with van der Waals surface area (Å²) in [5.41, 5.74) is 1.55. The first-order chi connectivity index (χ1) is 11.6. The van der Waals surface area contributed by atoms with Crippen LogP contribution in [0.1, 0.15) is 37.3 Å². The van der Waals surface area contributed by atoms with Crippen LogP contribution in [0, 0.1) is 5.82 Å². The molecule has 2 aromatic carbocycles. The topological polar surface area (TPSA) is 32.3 Å². The minimum Gasteiger partial charge on any atom is -0.317 e. The Balaban J connectivity index is 1.81. The molecule has 1 saturated heterocycles. The van der Waals surface area contributed by atoms with E-state index in [2.05, 4.69) is 5.32 Å². The Morgan fingerprint density at radius 1 is 1.12 bits per heavy atom. The lowest BCUT2D eigenvalue weighted by Crippen LogP contribution is -2.38. The van der Waals surface area contributed by atoms with Crippen LogP contribution in [-0.2, 0) is 0 Å². The van der Waals surface area contributed by atoms with Gasteiger partial charge in [0.1, 0.15) is 5.82 Å². The molecule has 2 amide bonds. The number of amides is 2. The SMILES string of the molecule is O=C(Nc1cccc(F)c1)N1CCCCC[C@@H]1c1ccc(Cl)cc1. The zero-order valence-corrected chi connectivity index (χ0v) is 14.1. The molecule has 0 unspecified atom stereocenters. The molecule has 1 atom stereocenters. The number of urea groups is 1. The van der Waals surface area contributed by atoms with E-state index in [9.17, 15) is 9.18 Å². The summed E-state index contributed by atoms with van der Waals surface area (Å²) in [4.78, 5) is 14.6. The van der Waals surface area contributed by atoms with E-state index in [1.54, 1.807) is 12.1 Å². The Morgan fingerprint density at radius 3 is 2.67 bits per heavy atom. The zero-order chi connectivity index (χ0) is 16.9. The van der Waals surface area contributed by atoms with E-state index in [4.69, 9.17) is 11.6 Å². The van der Waals surface area contributed by atoms with Gasteiger partial charge in [-0.15, -0.1) is 0 Å². The number of hydrogen-bond donors (Lipinski definition) is 1. The summed E-state index contributed by atoms with van der Waals surface area (Å²) in [5, 5.41) is 3.50. The normalized spacial score (nSPS) is 18.1. The molecular weight excluding hydrogens is 327 g/mol. The summed E-state index contributed by atoms with van der Waals surface area (Å²) in [6.45, 7) is 0.689. The third-order valence-electron chi connectivity index (χ3n) is 4.34. The molecule has 1 aliphatic heterocycles. The van der Waals surface area contributed by atoms with E-state index < -0.39 is 0 Å². The van der Waals surface area contributed by atoms with Gasteiger partial charge in [-0.05, 0) is 48.7 Å². The third kappa shape index (κ3) is 4.06. The lowest BCUT2D eigenvalue weighted by atomic mass is 10.0. The maximum absolute atomic E-state index is 13.3. The second kappa shape index (κ2) is 7.67. The van der Waals surface area contributed by atoms with Crippen molar-refractivity contribution in [2.75, 3.05) is 11.9 Å². The maximum atomic E-state index is 13.3. The number of carbonyl (C=O) groups excluding carboxylic acids is 1. The molecule has 3 nitrogen and oxygen atoms in total. The number of likely N-dealkylation sites (tertiary alicyclic amines) is 1. The molecular formula is C19H20ClFN2O. The summed E-state index contributed by atoms with van der Waals surface area (Å²) in [5.74, 6) is -0.363. The summed E-state index contributed by atoms with van der Waals surface area (Å²) in [7, 11) is 0. The Hall–Kier alpha value is -2.07. The number of anilines is 1. The summed E-state index contributed by atoms with van der Waals surface area (Å²) in [6.07, 6.45) is 4.07. The number of nitrogens with zero attached hydrogens (tertiary/aromatic N) is 1. The Morgan fingerprint density at radius 2 is 1.92 bits per heavy atom. The van der Waals surface area contributed by atoms with Crippen LogP contribution in [0.5, 0.6) is 0 Å². The summed E-state index contributed by atoms with van der Waals surface area (Å²) in [6, 6.07) is 13.4. The quantitative estimate of drug-likeness (QED) is 0.751. The van der Waals surface area contributed by atoms with Gasteiger partial charge in [0.2, 0.25) is 0 Å². The first-order valence-corrected chi connectivity index (χ1v) is 8.60. The van der Waals surface area contributed by atoms with Gasteiger partial charge in [0.15, 0.2) is 0 Å². The molecule has 5 heteroatoms. The van der Waals surface area contributed by atoms with E-state index in [-0.39, 0.29) is 17.9 Å². The minimum atomic E-state index is -0.363. The molecule has 0 spiro atoms. The molecule has 3 rings (SSSR count). The number of rotatable bonds is 2. The van der Waals surface area contributed by atoms with Crippen LogP contribution in [-0.4, -0.2) is 17.5 Å². The molecule has 1 aliphatic rings. The second-order valence-corrected chi connectivity index (χ2v) is 6.49. The van der Waals surface area contributed by atoms with Crippen molar-refractivity contribution in [3.8, 4) is 0 Å². The molecule has 0 aliphatic carbocycles. The molecule has 126 valence electrons. The van der Waals surface area contributed by atoms with E-state index in [1.807, 2.05) is 29.2 Å². The average molecular weight is 347 g/mol. The van der Waals surface area contributed by atoms with Crippen molar-refractivity contribution < 1.29 is 9.18 Å². The summed E-state index contributed by atoms with van der Waals surface area (Å²) >= 11 is 5.98. The number of carbonyl (C=O) groups is 1. The highest BCUT2D eigenvalue weighted by Gasteiger charge is 2.26. The number of halogens is 2. The largest absolute Gasteiger partial charge is 0.322 e. The molecule has 0 radical (unpaired) electrons. The van der Waals surface area contributed by atoms with Crippen molar-refractivity contribution in [3.63, 3.8) is 0 Å². The van der Waals surface area contributed by atoms with Crippen LogP contribution in [0.3, 0.4) is 0 Å². The van der Waals surface area contributed by atoms with Crippen LogP contribution in [0.2, 0.25) is 5.02 Å². The Labute approximate surface area is 146 Å². The molecule has 2 aromatic rings. The number of nitrogens with one attached hydrogen (secondary N) is 1. The zero-order valence-electron chi connectivity index (χ0n) is 13.3. The van der Waals surface area contributed by atoms with Gasteiger partial charge in [-0.2, -0.15) is 0 Å². The van der Waals surface area contributed by atoms with E-state index in [0.29, 0.717) is 17.3 Å². The molecule has 1 heterocycles. The predicted octanol–water partition coefficient (Wildman–Crippen LogP) is 5.63. The van der Waals surface area contributed by atoms with Crippen LogP contribution >= 0.6 is 11.6 Å². The van der Waals surface area contributed by atoms with Gasteiger partial charge in [0.25, 0.3) is 0 Å². The first-order valence-electron chi connectivity index (χ1n) is 8.22. The van der Waals surface area contributed by atoms with Gasteiger partial charge in [-0.3, -0.25) is 0 Å². The minimum absolute atomic E-state index is 0.0123. The van der Waals surface area contributed by atoms with Gasteiger partial charge in [-0.25, -0.2) is 9.18 Å². The van der Waals surface area contributed by atoms with Crippen LogP contribution in [0.4, 0.5) is 14.9 Å². The molecule has 1 N–H and O–H groups in total. The van der Waals surface area contributed by atoms with Crippen molar-refractivity contribution in [3.05, 3.63) is 64.9 Å². The van der Waals surface area contributed by atoms with Gasteiger partial charge < -0.3 is 10.2 Å². The first kappa shape index (κ1) is 16.8. The van der Waals surface area contributed by atoms with Gasteiger partial charge in [0.05, 0.1) is 6.04 Å². The highest BCUT2D eigenvalue weighted by atomic mass is 35.5. The molecule has 0 saturated carbocycles. The Bertz CT molecular complexity index is 705. The highest BCUT2D eigenvalue weighted by Crippen LogP contribution is 2.31. The van der Waals surface area contributed by atoms with Crippen molar-refractivity contribution in [2.24, 2.45) is 0 Å². The third-order valence-corrected chi connectivity index (χ3v) is 4.60. The molecule has 24 heavy (non-hydrogen) atoms. The predicted molar refractivity (Wildman–Crippen MR) is 94.8 cm³/mol. The van der Waals surface area contributed by atoms with E-state index >= 15 is 0 Å². The lowest BCUT2D eigenvalue weighted by Gasteiger charge is -2.30. The second-order valence-electron chi connectivity index (χ2n) is 6.05. The van der Waals surface area contributed by atoms with E-state index in [1.165, 1.54) is 12.1 Å². The number of hydrogen-bond acceptors (Lipinski definition) is 1. The smallest absolute Gasteiger partial charge is 0.317 e. The average Bonchev–Trinajstić information content (AvgIpc) is 2.81. The maximum Gasteiger partial charge on any atom is 0.322 e. The number of benzene rings is 2. The summed E-state index contributed by atoms with van der Waals surface area (Å²) < 4.78 is 13.3. The van der Waals surface area contributed by atoms with Crippen LogP contribution in [0.15, 0.2) is 48.5 Å². The Kier molecular flexibility index (Phi) is 5.36. The van der Waals surface area contributed by atoms with Crippen molar-refractivity contribution in [1.82, 2.24) is 4.90 Å². The van der Waals surface area contributed by atoms with Crippen molar-refractivity contribution >= 4 is 23.3 Å². The molecule has 1 fully saturated rings.